The van der Waals surface area contributed by atoms with E-state index in [9.17, 15) is 0 Å². The number of ether oxygens (including phenoxy) is 1. The molecule has 70 valence electrons. The van der Waals surface area contributed by atoms with Crippen LogP contribution in [0.25, 0.3) is 0 Å². The van der Waals surface area contributed by atoms with Gasteiger partial charge in [-0.1, -0.05) is 37.8 Å². The molecule has 1 heteroatoms. The molecule has 2 unspecified atom stereocenters. The van der Waals surface area contributed by atoms with Crippen LogP contribution in [0.15, 0.2) is 48.8 Å². The molecule has 1 nitrogen and oxygen atoms in total. The summed E-state index contributed by atoms with van der Waals surface area (Å²) in [7, 11) is 0. The lowest BCUT2D eigenvalue weighted by atomic mass is 10.00. The number of rotatable bonds is 3. The van der Waals surface area contributed by atoms with Crippen molar-refractivity contribution in [2.45, 2.75) is 20.0 Å². The Kier molecular flexibility index (Phi) is 3.56. The SMILES string of the molecule is C=C(/C=C\C)OC1C=CC=CC1C. The maximum Gasteiger partial charge on any atom is 0.123 e. The minimum Gasteiger partial charge on any atom is -0.486 e. The third-order valence-corrected chi connectivity index (χ3v) is 1.98. The Balaban J connectivity index is 2.49. The van der Waals surface area contributed by atoms with Crippen LogP contribution in [0, 0.1) is 5.92 Å². The molecule has 0 heterocycles. The lowest BCUT2D eigenvalue weighted by Gasteiger charge is -2.21. The first kappa shape index (κ1) is 9.85. The van der Waals surface area contributed by atoms with Crippen LogP contribution in [0.4, 0.5) is 0 Å². The molecule has 0 saturated carbocycles. The Morgan fingerprint density at radius 2 is 2.08 bits per heavy atom. The highest BCUT2D eigenvalue weighted by Gasteiger charge is 2.14. The predicted molar refractivity (Wildman–Crippen MR) is 56.3 cm³/mol. The number of hydrogen-bond donors (Lipinski definition) is 0. The molecule has 0 N–H and O–H groups in total. The highest BCUT2D eigenvalue weighted by atomic mass is 16.5. The fourth-order valence-corrected chi connectivity index (χ4v) is 1.24. The fourth-order valence-electron chi connectivity index (χ4n) is 1.24. The summed E-state index contributed by atoms with van der Waals surface area (Å²) >= 11 is 0. The van der Waals surface area contributed by atoms with Crippen molar-refractivity contribution in [3.8, 4) is 0 Å². The maximum atomic E-state index is 5.62. The summed E-state index contributed by atoms with van der Waals surface area (Å²) in [4.78, 5) is 0. The van der Waals surface area contributed by atoms with Crippen molar-refractivity contribution in [2.24, 2.45) is 5.92 Å². The van der Waals surface area contributed by atoms with Crippen molar-refractivity contribution in [3.05, 3.63) is 48.8 Å². The quantitative estimate of drug-likeness (QED) is 0.474. The second kappa shape index (κ2) is 4.70. The van der Waals surface area contributed by atoms with E-state index in [2.05, 4.69) is 25.7 Å². The van der Waals surface area contributed by atoms with Crippen molar-refractivity contribution in [3.63, 3.8) is 0 Å². The third kappa shape index (κ3) is 2.94. The summed E-state index contributed by atoms with van der Waals surface area (Å²) in [5.41, 5.74) is 0. The Morgan fingerprint density at radius 1 is 1.38 bits per heavy atom. The molecule has 1 aliphatic rings. The topological polar surface area (TPSA) is 9.23 Å². The van der Waals surface area contributed by atoms with Crippen LogP contribution >= 0.6 is 0 Å². The van der Waals surface area contributed by atoms with Crippen molar-refractivity contribution in [2.75, 3.05) is 0 Å². The van der Waals surface area contributed by atoms with E-state index in [4.69, 9.17) is 4.74 Å². The first-order valence-electron chi connectivity index (χ1n) is 4.57. The van der Waals surface area contributed by atoms with E-state index >= 15 is 0 Å². The van der Waals surface area contributed by atoms with Crippen LogP contribution in [-0.4, -0.2) is 6.10 Å². The second-order valence-electron chi connectivity index (χ2n) is 3.18. The van der Waals surface area contributed by atoms with E-state index in [0.717, 1.165) is 5.76 Å². The maximum absolute atomic E-state index is 5.62. The van der Waals surface area contributed by atoms with E-state index in [1.165, 1.54) is 0 Å². The molecule has 0 radical (unpaired) electrons. The number of hydrogen-bond acceptors (Lipinski definition) is 1. The van der Waals surface area contributed by atoms with Gasteiger partial charge in [0, 0.05) is 5.92 Å². The van der Waals surface area contributed by atoms with E-state index in [0.29, 0.717) is 5.92 Å². The first-order valence-corrected chi connectivity index (χ1v) is 4.57. The van der Waals surface area contributed by atoms with Crippen LogP contribution in [-0.2, 0) is 4.74 Å². The fraction of sp³-hybridized carbons (Fsp3) is 0.333. The summed E-state index contributed by atoms with van der Waals surface area (Å²) < 4.78 is 5.62. The summed E-state index contributed by atoms with van der Waals surface area (Å²) in [6.07, 6.45) is 12.2. The van der Waals surface area contributed by atoms with Gasteiger partial charge in [-0.2, -0.15) is 0 Å². The zero-order valence-electron chi connectivity index (χ0n) is 8.23. The van der Waals surface area contributed by atoms with E-state index in [1.807, 2.05) is 31.2 Å². The molecular weight excluding hydrogens is 160 g/mol. The van der Waals surface area contributed by atoms with Crippen LogP contribution in [0.2, 0.25) is 0 Å². The normalized spacial score (nSPS) is 26.6. The molecule has 13 heavy (non-hydrogen) atoms. The highest BCUT2D eigenvalue weighted by Crippen LogP contribution is 2.17. The van der Waals surface area contributed by atoms with Crippen molar-refractivity contribution in [1.82, 2.24) is 0 Å². The van der Waals surface area contributed by atoms with Crippen molar-refractivity contribution in [1.29, 1.82) is 0 Å². The highest BCUT2D eigenvalue weighted by molar-refractivity contribution is 5.17. The minimum absolute atomic E-state index is 0.133. The Labute approximate surface area is 80.1 Å². The predicted octanol–water partition coefficient (Wildman–Crippen LogP) is 3.22. The molecule has 0 aromatic carbocycles. The van der Waals surface area contributed by atoms with Crippen LogP contribution in [0.3, 0.4) is 0 Å². The van der Waals surface area contributed by atoms with Gasteiger partial charge in [0.1, 0.15) is 11.9 Å². The summed E-state index contributed by atoms with van der Waals surface area (Å²) in [6, 6.07) is 0. The van der Waals surface area contributed by atoms with Gasteiger partial charge in [-0.05, 0) is 19.1 Å². The first-order chi connectivity index (χ1) is 6.24. The molecule has 1 aliphatic carbocycles. The van der Waals surface area contributed by atoms with Gasteiger partial charge in [-0.15, -0.1) is 0 Å². The van der Waals surface area contributed by atoms with Gasteiger partial charge in [0.15, 0.2) is 0 Å². The lowest BCUT2D eigenvalue weighted by Crippen LogP contribution is -2.18. The summed E-state index contributed by atoms with van der Waals surface area (Å²) in [6.45, 7) is 7.89. The van der Waals surface area contributed by atoms with Gasteiger partial charge in [-0.25, -0.2) is 0 Å². The monoisotopic (exact) mass is 176 g/mol. The molecule has 2 atom stereocenters. The van der Waals surface area contributed by atoms with Crippen molar-refractivity contribution < 1.29 is 4.74 Å². The van der Waals surface area contributed by atoms with Crippen molar-refractivity contribution >= 4 is 0 Å². The second-order valence-corrected chi connectivity index (χ2v) is 3.18. The summed E-state index contributed by atoms with van der Waals surface area (Å²) in [5, 5.41) is 0. The lowest BCUT2D eigenvalue weighted by molar-refractivity contribution is 0.134. The van der Waals surface area contributed by atoms with E-state index in [1.54, 1.807) is 0 Å². The van der Waals surface area contributed by atoms with E-state index < -0.39 is 0 Å². The van der Waals surface area contributed by atoms with Gasteiger partial charge in [0.2, 0.25) is 0 Å². The van der Waals surface area contributed by atoms with Gasteiger partial charge >= 0.3 is 0 Å². The Hall–Kier alpha value is -1.24. The Morgan fingerprint density at radius 3 is 2.69 bits per heavy atom. The van der Waals surface area contributed by atoms with Gasteiger partial charge in [0.25, 0.3) is 0 Å². The standard InChI is InChI=1S/C12H16O/c1-4-7-11(3)13-12-9-6-5-8-10(12)2/h4-10,12H,3H2,1-2H3/b7-4-. The zero-order valence-corrected chi connectivity index (χ0v) is 8.23. The molecule has 0 fully saturated rings. The third-order valence-electron chi connectivity index (χ3n) is 1.98. The molecular formula is C12H16O. The van der Waals surface area contributed by atoms with Gasteiger partial charge < -0.3 is 4.74 Å². The summed E-state index contributed by atoms with van der Waals surface area (Å²) in [5.74, 6) is 1.14. The average molecular weight is 176 g/mol. The van der Waals surface area contributed by atoms with Crippen LogP contribution in [0.5, 0.6) is 0 Å². The molecule has 1 rings (SSSR count). The molecule has 0 aromatic heterocycles. The molecule has 0 saturated heterocycles. The number of allylic oxidation sites excluding steroid dienone is 4. The van der Waals surface area contributed by atoms with E-state index in [-0.39, 0.29) is 6.10 Å². The van der Waals surface area contributed by atoms with Crippen LogP contribution in [0.1, 0.15) is 13.8 Å². The minimum atomic E-state index is 0.133. The zero-order chi connectivity index (χ0) is 9.68. The smallest absolute Gasteiger partial charge is 0.123 e. The molecule has 0 aromatic rings. The molecule has 0 bridgehead atoms. The molecule has 0 amide bonds. The van der Waals surface area contributed by atoms with Crippen LogP contribution < -0.4 is 0 Å². The molecule has 0 spiro atoms. The Bertz CT molecular complexity index is 258. The van der Waals surface area contributed by atoms with Gasteiger partial charge in [0.05, 0.1) is 0 Å². The largest absolute Gasteiger partial charge is 0.486 e. The van der Waals surface area contributed by atoms with Gasteiger partial charge in [-0.3, -0.25) is 0 Å². The molecule has 0 aliphatic heterocycles. The average Bonchev–Trinajstić information content (AvgIpc) is 2.09.